The van der Waals surface area contributed by atoms with Crippen molar-refractivity contribution in [3.63, 3.8) is 0 Å². The largest absolute Gasteiger partial charge is 0.481 e. The number of nitrogens with zero attached hydrogens (tertiary/aromatic N) is 1. The van der Waals surface area contributed by atoms with Crippen molar-refractivity contribution in [1.29, 1.82) is 0 Å². The first-order valence-corrected chi connectivity index (χ1v) is 8.15. The van der Waals surface area contributed by atoms with E-state index in [4.69, 9.17) is 23.2 Å². The number of thioether (sulfide) groups is 1. The Morgan fingerprint density at radius 2 is 2.14 bits per heavy atom. The molecule has 1 aliphatic rings. The van der Waals surface area contributed by atoms with Crippen LogP contribution in [-0.4, -0.2) is 40.7 Å². The Kier molecular flexibility index (Phi) is 5.07. The van der Waals surface area contributed by atoms with E-state index in [1.165, 1.54) is 11.8 Å². The van der Waals surface area contributed by atoms with Crippen molar-refractivity contribution in [3.8, 4) is 0 Å². The summed E-state index contributed by atoms with van der Waals surface area (Å²) in [6, 6.07) is 5.09. The fourth-order valence-electron chi connectivity index (χ4n) is 2.17. The smallest absolute Gasteiger partial charge is 0.311 e. The van der Waals surface area contributed by atoms with Gasteiger partial charge in [0, 0.05) is 23.0 Å². The number of carbonyl (C=O) groups is 2. The van der Waals surface area contributed by atoms with Crippen LogP contribution in [0.4, 0.5) is 0 Å². The van der Waals surface area contributed by atoms with Gasteiger partial charge in [-0.15, -0.1) is 11.8 Å². The van der Waals surface area contributed by atoms with Crippen LogP contribution < -0.4 is 0 Å². The first-order valence-electron chi connectivity index (χ1n) is 6.41. The lowest BCUT2D eigenvalue weighted by atomic mass is 9.90. The quantitative estimate of drug-likeness (QED) is 0.848. The van der Waals surface area contributed by atoms with Crippen molar-refractivity contribution < 1.29 is 14.7 Å². The summed E-state index contributed by atoms with van der Waals surface area (Å²) in [5, 5.41) is 10.3. The Labute approximate surface area is 137 Å². The topological polar surface area (TPSA) is 57.6 Å². The summed E-state index contributed by atoms with van der Waals surface area (Å²) in [6.07, 6.45) is 0.483. The van der Waals surface area contributed by atoms with E-state index in [1.807, 2.05) is 0 Å². The number of halogens is 2. The number of amides is 1. The van der Waals surface area contributed by atoms with Gasteiger partial charge in [-0.2, -0.15) is 0 Å². The molecule has 0 bridgehead atoms. The third-order valence-electron chi connectivity index (χ3n) is 3.59. The van der Waals surface area contributed by atoms with E-state index in [2.05, 4.69) is 0 Å². The summed E-state index contributed by atoms with van der Waals surface area (Å²) in [6.45, 7) is 2.40. The zero-order valence-corrected chi connectivity index (χ0v) is 13.8. The van der Waals surface area contributed by atoms with Gasteiger partial charge in [0.1, 0.15) is 0 Å². The predicted molar refractivity (Wildman–Crippen MR) is 84.1 cm³/mol. The van der Waals surface area contributed by atoms with Gasteiger partial charge in [0.05, 0.1) is 16.2 Å². The Bertz CT molecular complexity index is 581. The minimum absolute atomic E-state index is 0.0824. The molecule has 1 heterocycles. The van der Waals surface area contributed by atoms with E-state index in [-0.39, 0.29) is 18.2 Å². The van der Waals surface area contributed by atoms with E-state index >= 15 is 0 Å². The summed E-state index contributed by atoms with van der Waals surface area (Å²) in [4.78, 5) is 25.7. The molecular formula is C14H15Cl2NO3S. The molecule has 1 fully saturated rings. The lowest BCUT2D eigenvalue weighted by Gasteiger charge is -2.20. The Balaban J connectivity index is 1.94. The Morgan fingerprint density at radius 1 is 1.43 bits per heavy atom. The van der Waals surface area contributed by atoms with Crippen molar-refractivity contribution in [2.45, 2.75) is 18.2 Å². The maximum atomic E-state index is 12.2. The molecule has 1 atom stereocenters. The zero-order chi connectivity index (χ0) is 15.6. The van der Waals surface area contributed by atoms with E-state index in [9.17, 15) is 14.7 Å². The minimum Gasteiger partial charge on any atom is -0.481 e. The van der Waals surface area contributed by atoms with Crippen LogP contribution in [0.1, 0.15) is 13.3 Å². The molecule has 0 aromatic heterocycles. The van der Waals surface area contributed by atoms with Crippen molar-refractivity contribution >= 4 is 46.8 Å². The number of benzene rings is 1. The maximum absolute atomic E-state index is 12.2. The fourth-order valence-corrected chi connectivity index (χ4v) is 3.56. The number of carboxylic acids is 1. The molecule has 1 aromatic rings. The molecule has 7 heteroatoms. The van der Waals surface area contributed by atoms with Crippen LogP contribution in [0.25, 0.3) is 0 Å². The van der Waals surface area contributed by atoms with Crippen molar-refractivity contribution in [3.05, 3.63) is 28.2 Å². The molecule has 114 valence electrons. The Morgan fingerprint density at radius 3 is 2.76 bits per heavy atom. The van der Waals surface area contributed by atoms with Gasteiger partial charge in [0.25, 0.3) is 0 Å². The minimum atomic E-state index is -0.858. The zero-order valence-electron chi connectivity index (χ0n) is 11.4. The van der Waals surface area contributed by atoms with Gasteiger partial charge in [0.2, 0.25) is 5.91 Å². The molecule has 0 radical (unpaired) electrons. The van der Waals surface area contributed by atoms with Crippen LogP contribution in [0.2, 0.25) is 10.0 Å². The molecule has 1 N–H and O–H groups in total. The highest BCUT2D eigenvalue weighted by Gasteiger charge is 2.41. The molecule has 1 saturated heterocycles. The average molecular weight is 348 g/mol. The van der Waals surface area contributed by atoms with Crippen molar-refractivity contribution in [2.24, 2.45) is 5.41 Å². The van der Waals surface area contributed by atoms with E-state index < -0.39 is 11.4 Å². The Hall–Kier alpha value is -0.910. The monoisotopic (exact) mass is 347 g/mol. The van der Waals surface area contributed by atoms with Crippen LogP contribution >= 0.6 is 35.0 Å². The summed E-state index contributed by atoms with van der Waals surface area (Å²) in [7, 11) is 0. The molecule has 1 aromatic carbocycles. The molecule has 0 saturated carbocycles. The van der Waals surface area contributed by atoms with Crippen molar-refractivity contribution in [1.82, 2.24) is 4.90 Å². The number of hydrogen-bond acceptors (Lipinski definition) is 3. The van der Waals surface area contributed by atoms with Gasteiger partial charge in [-0.1, -0.05) is 23.2 Å². The van der Waals surface area contributed by atoms with Gasteiger partial charge in [-0.05, 0) is 31.5 Å². The second-order valence-corrected chi connectivity index (χ2v) is 7.16. The molecule has 0 aliphatic carbocycles. The van der Waals surface area contributed by atoms with E-state index in [0.29, 0.717) is 23.0 Å². The first-order chi connectivity index (χ1) is 9.82. The number of likely N-dealkylation sites (tertiary alicyclic amines) is 1. The number of carbonyl (C=O) groups excluding carboxylic acids is 1. The van der Waals surface area contributed by atoms with Gasteiger partial charge >= 0.3 is 5.97 Å². The molecule has 2 rings (SSSR count). The van der Waals surface area contributed by atoms with Crippen LogP contribution in [0.15, 0.2) is 23.1 Å². The van der Waals surface area contributed by atoms with Gasteiger partial charge < -0.3 is 10.0 Å². The van der Waals surface area contributed by atoms with Crippen LogP contribution in [-0.2, 0) is 9.59 Å². The molecular weight excluding hydrogens is 333 g/mol. The summed E-state index contributed by atoms with van der Waals surface area (Å²) in [5.41, 5.74) is -0.839. The van der Waals surface area contributed by atoms with Crippen LogP contribution in [0.5, 0.6) is 0 Å². The second kappa shape index (κ2) is 6.46. The number of carboxylic acid groups (broad SMARTS) is 1. The van der Waals surface area contributed by atoms with Crippen molar-refractivity contribution in [2.75, 3.05) is 18.8 Å². The summed E-state index contributed by atoms with van der Waals surface area (Å²) >= 11 is 13.3. The number of aliphatic carboxylic acids is 1. The summed E-state index contributed by atoms with van der Waals surface area (Å²) < 4.78 is 0. The lowest BCUT2D eigenvalue weighted by molar-refractivity contribution is -0.147. The van der Waals surface area contributed by atoms with E-state index in [1.54, 1.807) is 30.0 Å². The highest BCUT2D eigenvalue weighted by atomic mass is 35.5. The molecule has 1 aliphatic heterocycles. The molecule has 1 unspecified atom stereocenters. The maximum Gasteiger partial charge on any atom is 0.311 e. The number of rotatable bonds is 4. The third kappa shape index (κ3) is 3.84. The first kappa shape index (κ1) is 16.5. The lowest BCUT2D eigenvalue weighted by Crippen LogP contribution is -2.35. The van der Waals surface area contributed by atoms with Gasteiger partial charge in [-0.25, -0.2) is 0 Å². The highest BCUT2D eigenvalue weighted by Crippen LogP contribution is 2.33. The highest BCUT2D eigenvalue weighted by molar-refractivity contribution is 8.00. The number of hydrogen-bond donors (Lipinski definition) is 1. The third-order valence-corrected chi connectivity index (χ3v) is 5.30. The van der Waals surface area contributed by atoms with Gasteiger partial charge in [-0.3, -0.25) is 9.59 Å². The molecule has 4 nitrogen and oxygen atoms in total. The SMILES string of the molecule is CC1(C(=O)O)CCN(C(=O)CSc2cc(Cl)ccc2Cl)C1. The normalized spacial score (nSPS) is 21.6. The van der Waals surface area contributed by atoms with E-state index in [0.717, 1.165) is 4.90 Å². The predicted octanol–water partition coefficient (Wildman–Crippen LogP) is 3.41. The fraction of sp³-hybridized carbons (Fsp3) is 0.429. The molecule has 0 spiro atoms. The standard InChI is InChI=1S/C14H15Cl2NO3S/c1-14(13(19)20)4-5-17(8-14)12(18)7-21-11-6-9(15)2-3-10(11)16/h2-3,6H,4-5,7-8H2,1H3,(H,19,20). The average Bonchev–Trinajstić information content (AvgIpc) is 2.84. The molecule has 1 amide bonds. The van der Waals surface area contributed by atoms with Crippen LogP contribution in [0.3, 0.4) is 0 Å². The summed E-state index contributed by atoms with van der Waals surface area (Å²) in [5.74, 6) is -0.722. The second-order valence-electron chi connectivity index (χ2n) is 5.29. The van der Waals surface area contributed by atoms with Crippen LogP contribution in [0, 0.1) is 5.41 Å². The molecule has 21 heavy (non-hydrogen) atoms. The van der Waals surface area contributed by atoms with Gasteiger partial charge in [0.15, 0.2) is 0 Å².